The van der Waals surface area contributed by atoms with Crippen LogP contribution in [0.1, 0.15) is 64.9 Å². The van der Waals surface area contributed by atoms with Crippen molar-refractivity contribution in [2.24, 2.45) is 23.2 Å². The summed E-state index contributed by atoms with van der Waals surface area (Å²) in [6, 6.07) is 7.31. The number of nitrogens with zero attached hydrogens (tertiary/aromatic N) is 1. The minimum Gasteiger partial charge on any atom is -0.384 e. The van der Waals surface area contributed by atoms with Gasteiger partial charge in [0.15, 0.2) is 0 Å². The van der Waals surface area contributed by atoms with Gasteiger partial charge in [0.1, 0.15) is 0 Å². The normalized spacial score (nSPS) is 34.8. The van der Waals surface area contributed by atoms with Crippen LogP contribution in [0, 0.1) is 23.2 Å². The van der Waals surface area contributed by atoms with E-state index in [1.165, 1.54) is 0 Å². The second-order valence-corrected chi connectivity index (χ2v) is 11.1. The quantitative estimate of drug-likeness (QED) is 0.730. The third-order valence-corrected chi connectivity index (χ3v) is 8.32. The fourth-order valence-corrected chi connectivity index (χ4v) is 5.85. The van der Waals surface area contributed by atoms with Crippen molar-refractivity contribution in [3.8, 4) is 0 Å². The van der Waals surface area contributed by atoms with Crippen LogP contribution in [0.15, 0.2) is 24.3 Å². The van der Waals surface area contributed by atoms with E-state index in [1.54, 1.807) is 12.1 Å². The molecule has 31 heavy (non-hydrogen) atoms. The molecular weight excluding hydrogens is 412 g/mol. The summed E-state index contributed by atoms with van der Waals surface area (Å²) in [6.45, 7) is 7.23. The van der Waals surface area contributed by atoms with Crippen molar-refractivity contribution >= 4 is 23.4 Å². The van der Waals surface area contributed by atoms with Crippen molar-refractivity contribution in [2.75, 3.05) is 13.1 Å². The van der Waals surface area contributed by atoms with Crippen LogP contribution >= 0.6 is 11.6 Å². The highest BCUT2D eigenvalue weighted by Crippen LogP contribution is 2.47. The number of piperidine rings is 1. The molecule has 4 rings (SSSR count). The summed E-state index contributed by atoms with van der Waals surface area (Å²) in [5.74, 6) is 0.824. The van der Waals surface area contributed by atoms with Gasteiger partial charge in [0.2, 0.25) is 11.8 Å². The van der Waals surface area contributed by atoms with Crippen LogP contribution in [0.4, 0.5) is 0 Å². The molecule has 170 valence electrons. The lowest BCUT2D eigenvalue weighted by Crippen LogP contribution is -2.60. The molecule has 1 aliphatic heterocycles. The van der Waals surface area contributed by atoms with Gasteiger partial charge in [0, 0.05) is 35.5 Å². The Balaban J connectivity index is 1.39. The highest BCUT2D eigenvalue weighted by molar-refractivity contribution is 6.30. The molecule has 0 unspecified atom stereocenters. The summed E-state index contributed by atoms with van der Waals surface area (Å²) in [5.41, 5.74) is -0.675. The van der Waals surface area contributed by atoms with Crippen LogP contribution in [0.5, 0.6) is 0 Å². The summed E-state index contributed by atoms with van der Waals surface area (Å²) < 4.78 is 0. The number of amides is 2. The molecule has 5 atom stereocenters. The van der Waals surface area contributed by atoms with Gasteiger partial charge in [-0.25, -0.2) is 0 Å². The van der Waals surface area contributed by atoms with E-state index in [0.717, 1.165) is 37.7 Å². The summed E-state index contributed by atoms with van der Waals surface area (Å²) in [6.07, 6.45) is 5.21. The smallest absolute Gasteiger partial charge is 0.227 e. The summed E-state index contributed by atoms with van der Waals surface area (Å²) >= 11 is 6.02. The maximum absolute atomic E-state index is 13.3. The summed E-state index contributed by atoms with van der Waals surface area (Å²) in [4.78, 5) is 27.8. The van der Waals surface area contributed by atoms with E-state index in [-0.39, 0.29) is 29.7 Å². The summed E-state index contributed by atoms with van der Waals surface area (Å²) in [5, 5.41) is 15.4. The molecule has 0 aromatic heterocycles. The molecule has 2 amide bonds. The van der Waals surface area contributed by atoms with Crippen molar-refractivity contribution < 1.29 is 14.7 Å². The molecule has 2 N–H and O–H groups in total. The van der Waals surface area contributed by atoms with E-state index in [2.05, 4.69) is 12.2 Å². The van der Waals surface area contributed by atoms with E-state index in [4.69, 9.17) is 11.6 Å². The number of hydrogen-bond acceptors (Lipinski definition) is 3. The van der Waals surface area contributed by atoms with E-state index in [9.17, 15) is 14.7 Å². The van der Waals surface area contributed by atoms with Gasteiger partial charge in [-0.3, -0.25) is 9.59 Å². The van der Waals surface area contributed by atoms with Crippen LogP contribution in [0.3, 0.4) is 0 Å². The number of hydrogen-bond donors (Lipinski definition) is 2. The molecule has 0 bridgehead atoms. The van der Waals surface area contributed by atoms with Gasteiger partial charge in [-0.1, -0.05) is 44.5 Å². The molecule has 3 aliphatic rings. The minimum atomic E-state index is -1.01. The number of carbonyl (C=O) groups is 2. The number of carbonyl (C=O) groups excluding carboxylic acids is 2. The van der Waals surface area contributed by atoms with E-state index >= 15 is 0 Å². The van der Waals surface area contributed by atoms with Gasteiger partial charge in [-0.2, -0.15) is 0 Å². The lowest BCUT2D eigenvalue weighted by atomic mass is 9.66. The Morgan fingerprint density at radius 1 is 1.13 bits per heavy atom. The van der Waals surface area contributed by atoms with Crippen molar-refractivity contribution in [2.45, 2.75) is 70.9 Å². The first-order valence-corrected chi connectivity index (χ1v) is 12.1. The first kappa shape index (κ1) is 22.6. The Labute approximate surface area is 190 Å². The van der Waals surface area contributed by atoms with Crippen molar-refractivity contribution in [3.05, 3.63) is 34.9 Å². The molecule has 2 saturated carbocycles. The molecular formula is C25H35ClN2O3. The number of halogens is 1. The first-order chi connectivity index (χ1) is 14.6. The number of rotatable bonds is 4. The van der Waals surface area contributed by atoms with Gasteiger partial charge < -0.3 is 15.3 Å². The van der Waals surface area contributed by atoms with Gasteiger partial charge in [0.25, 0.3) is 0 Å². The van der Waals surface area contributed by atoms with Gasteiger partial charge in [-0.05, 0) is 62.1 Å². The third kappa shape index (κ3) is 4.23. The van der Waals surface area contributed by atoms with Crippen molar-refractivity contribution in [3.63, 3.8) is 0 Å². The second kappa shape index (κ2) is 8.40. The minimum absolute atomic E-state index is 0.0453. The Bertz CT molecular complexity index is 840. The Morgan fingerprint density at radius 3 is 2.39 bits per heavy atom. The SMILES string of the molecule is C[C@@H]1CC[C@@H](C(=O)N[C@@H]2CC[C@@H]2C(=O)N2CC[C@](O)(c3ccc(Cl)cc3)C(C)(C)C2)C1. The number of likely N-dealkylation sites (tertiary alicyclic amines) is 1. The van der Waals surface area contributed by atoms with E-state index in [1.807, 2.05) is 30.9 Å². The molecule has 1 aromatic carbocycles. The Hall–Kier alpha value is -1.59. The zero-order valence-corrected chi connectivity index (χ0v) is 19.6. The van der Waals surface area contributed by atoms with Crippen LogP contribution in [-0.2, 0) is 15.2 Å². The number of aliphatic hydroxyl groups is 1. The van der Waals surface area contributed by atoms with Crippen LogP contribution in [0.25, 0.3) is 0 Å². The number of benzene rings is 1. The first-order valence-electron chi connectivity index (χ1n) is 11.7. The second-order valence-electron chi connectivity index (χ2n) is 10.7. The molecule has 0 radical (unpaired) electrons. The van der Waals surface area contributed by atoms with Gasteiger partial charge in [0.05, 0.1) is 11.5 Å². The molecule has 1 aromatic rings. The van der Waals surface area contributed by atoms with E-state index in [0.29, 0.717) is 30.5 Å². The van der Waals surface area contributed by atoms with Gasteiger partial charge in [-0.15, -0.1) is 0 Å². The van der Waals surface area contributed by atoms with Crippen LogP contribution < -0.4 is 5.32 Å². The van der Waals surface area contributed by atoms with Crippen LogP contribution in [-0.4, -0.2) is 41.0 Å². The molecule has 0 spiro atoms. The highest BCUT2D eigenvalue weighted by Gasteiger charge is 2.51. The van der Waals surface area contributed by atoms with Crippen LogP contribution in [0.2, 0.25) is 5.02 Å². The third-order valence-electron chi connectivity index (χ3n) is 8.07. The maximum Gasteiger partial charge on any atom is 0.227 e. The average Bonchev–Trinajstić information content (AvgIpc) is 3.14. The number of nitrogens with one attached hydrogen (secondary N) is 1. The molecule has 2 aliphatic carbocycles. The average molecular weight is 447 g/mol. The van der Waals surface area contributed by atoms with Crippen molar-refractivity contribution in [1.29, 1.82) is 0 Å². The lowest BCUT2D eigenvalue weighted by molar-refractivity contribution is -0.160. The van der Waals surface area contributed by atoms with Crippen molar-refractivity contribution in [1.82, 2.24) is 10.2 Å². The lowest BCUT2D eigenvalue weighted by Gasteiger charge is -2.52. The monoisotopic (exact) mass is 446 g/mol. The molecule has 1 heterocycles. The largest absolute Gasteiger partial charge is 0.384 e. The Kier molecular flexibility index (Phi) is 6.12. The molecule has 6 heteroatoms. The topological polar surface area (TPSA) is 69.6 Å². The predicted octanol–water partition coefficient (Wildman–Crippen LogP) is 4.12. The summed E-state index contributed by atoms with van der Waals surface area (Å²) in [7, 11) is 0. The maximum atomic E-state index is 13.3. The standard InChI is InChI=1S/C25H35ClN2O3/c1-16-4-5-17(14-16)22(29)27-21-11-10-20(21)23(30)28-13-12-25(31,24(2,3)15-28)18-6-8-19(26)9-7-18/h6-9,16-17,20-21,31H,4-5,10-15H2,1-3H3,(H,27,29)/t16-,17-,20+,21-,25+/m1/s1. The van der Waals surface area contributed by atoms with Gasteiger partial charge >= 0.3 is 0 Å². The zero-order chi connectivity index (χ0) is 22.4. The fraction of sp³-hybridized carbons (Fsp3) is 0.680. The fourth-order valence-electron chi connectivity index (χ4n) is 5.72. The highest BCUT2D eigenvalue weighted by atomic mass is 35.5. The molecule has 5 nitrogen and oxygen atoms in total. The molecule has 3 fully saturated rings. The molecule has 1 saturated heterocycles. The van der Waals surface area contributed by atoms with E-state index < -0.39 is 11.0 Å². The Morgan fingerprint density at radius 2 is 1.84 bits per heavy atom. The predicted molar refractivity (Wildman–Crippen MR) is 121 cm³/mol. The zero-order valence-electron chi connectivity index (χ0n) is 18.9.